The summed E-state index contributed by atoms with van der Waals surface area (Å²) in [6, 6.07) is 8.71. The van der Waals surface area contributed by atoms with Crippen molar-refractivity contribution in [3.8, 4) is 5.75 Å². The van der Waals surface area contributed by atoms with Crippen molar-refractivity contribution >= 4 is 5.97 Å². The van der Waals surface area contributed by atoms with Crippen LogP contribution in [-0.2, 0) is 4.79 Å². The van der Waals surface area contributed by atoms with Crippen LogP contribution in [-0.4, -0.2) is 11.1 Å². The molecular weight excluding hydrogens is 255 g/mol. The van der Waals surface area contributed by atoms with E-state index in [4.69, 9.17) is 5.11 Å². The average Bonchev–Trinajstić information content (AvgIpc) is 2.31. The van der Waals surface area contributed by atoms with Gasteiger partial charge in [-0.3, -0.25) is 0 Å². The van der Waals surface area contributed by atoms with Crippen molar-refractivity contribution in [1.82, 2.24) is 0 Å². The molecule has 1 atom stereocenters. The molecule has 0 amide bonds. The third kappa shape index (κ3) is 11.2. The number of aliphatic carboxylic acids is 1. The van der Waals surface area contributed by atoms with Crippen LogP contribution in [0, 0.1) is 5.92 Å². The zero-order chi connectivity index (χ0) is 13.1. The Bertz CT molecular complexity index is 301. The van der Waals surface area contributed by atoms with Crippen molar-refractivity contribution in [2.24, 2.45) is 5.92 Å². The van der Waals surface area contributed by atoms with Crippen molar-refractivity contribution in [3.05, 3.63) is 30.3 Å². The summed E-state index contributed by atoms with van der Waals surface area (Å²) in [5, 5.41) is 19.0. The predicted octanol–water partition coefficient (Wildman–Crippen LogP) is -0.651. The Morgan fingerprint density at radius 1 is 1.28 bits per heavy atom. The minimum absolute atomic E-state index is 0. The van der Waals surface area contributed by atoms with Gasteiger partial charge in [0, 0.05) is 5.97 Å². The molecule has 96 valence electrons. The molecule has 1 aromatic rings. The van der Waals surface area contributed by atoms with Crippen LogP contribution in [0.2, 0.25) is 0 Å². The number of carbonyl (C=O) groups excluding carboxylic acids is 1. The Morgan fingerprint density at radius 2 is 1.83 bits per heavy atom. The Morgan fingerprint density at radius 3 is 2.11 bits per heavy atom. The van der Waals surface area contributed by atoms with Gasteiger partial charge in [0.05, 0.1) is 0 Å². The van der Waals surface area contributed by atoms with Gasteiger partial charge in [0.1, 0.15) is 5.75 Å². The first-order valence-corrected chi connectivity index (χ1v) is 6.06. The summed E-state index contributed by atoms with van der Waals surface area (Å²) in [7, 11) is 0. The second kappa shape index (κ2) is 13.6. The minimum Gasteiger partial charge on any atom is -0.550 e. The summed E-state index contributed by atoms with van der Waals surface area (Å²) < 4.78 is 0. The number of phenolic OH excluding ortho intramolecular Hbond substituents is 1. The van der Waals surface area contributed by atoms with E-state index in [1.165, 1.54) is 0 Å². The van der Waals surface area contributed by atoms with Crippen LogP contribution < -0.4 is 56.5 Å². The SMILES string of the molecule is CCCCC(CC)C(=O)[O-].Oc1ccccc1.[K+]. The van der Waals surface area contributed by atoms with Crippen LogP contribution in [0.3, 0.4) is 0 Å². The summed E-state index contributed by atoms with van der Waals surface area (Å²) in [4.78, 5) is 10.3. The van der Waals surface area contributed by atoms with Gasteiger partial charge in [0.2, 0.25) is 0 Å². The van der Waals surface area contributed by atoms with Gasteiger partial charge < -0.3 is 15.0 Å². The molecule has 0 saturated heterocycles. The molecule has 1 rings (SSSR count). The quantitative estimate of drug-likeness (QED) is 0.727. The van der Waals surface area contributed by atoms with Crippen molar-refractivity contribution in [1.29, 1.82) is 0 Å². The number of carboxylic acids is 1. The molecular formula is C14H21KO3. The molecule has 0 radical (unpaired) electrons. The number of hydrogen-bond acceptors (Lipinski definition) is 3. The third-order valence-electron chi connectivity index (χ3n) is 2.49. The molecule has 18 heavy (non-hydrogen) atoms. The molecule has 0 bridgehead atoms. The second-order valence-electron chi connectivity index (χ2n) is 3.90. The third-order valence-corrected chi connectivity index (χ3v) is 2.49. The Balaban J connectivity index is 0. The van der Waals surface area contributed by atoms with Crippen molar-refractivity contribution in [3.63, 3.8) is 0 Å². The van der Waals surface area contributed by atoms with E-state index in [0.29, 0.717) is 12.2 Å². The second-order valence-corrected chi connectivity index (χ2v) is 3.90. The number of phenols is 1. The zero-order valence-corrected chi connectivity index (χ0v) is 14.7. The van der Waals surface area contributed by atoms with Crippen LogP contribution in [0.25, 0.3) is 0 Å². The maximum absolute atomic E-state index is 10.3. The van der Waals surface area contributed by atoms with E-state index < -0.39 is 5.97 Å². The average molecular weight is 276 g/mol. The molecule has 0 aromatic heterocycles. The van der Waals surface area contributed by atoms with E-state index in [2.05, 4.69) is 6.92 Å². The van der Waals surface area contributed by atoms with Gasteiger partial charge in [-0.15, -0.1) is 0 Å². The van der Waals surface area contributed by atoms with E-state index in [9.17, 15) is 9.90 Å². The summed E-state index contributed by atoms with van der Waals surface area (Å²) in [6.07, 6.45) is 3.52. The molecule has 1 unspecified atom stereocenters. The minimum atomic E-state index is -0.893. The van der Waals surface area contributed by atoms with Crippen LogP contribution in [0.15, 0.2) is 30.3 Å². The molecule has 0 heterocycles. The number of unbranched alkanes of at least 4 members (excludes halogenated alkanes) is 1. The molecule has 0 spiro atoms. The van der Waals surface area contributed by atoms with Crippen molar-refractivity contribution in [2.45, 2.75) is 39.5 Å². The van der Waals surface area contributed by atoms with Gasteiger partial charge in [-0.25, -0.2) is 0 Å². The Hall–Kier alpha value is 0.126. The van der Waals surface area contributed by atoms with Crippen LogP contribution in [0.4, 0.5) is 0 Å². The number of rotatable bonds is 5. The van der Waals surface area contributed by atoms with Crippen LogP contribution in [0.5, 0.6) is 5.75 Å². The van der Waals surface area contributed by atoms with Crippen molar-refractivity contribution in [2.75, 3.05) is 0 Å². The fourth-order valence-electron chi connectivity index (χ4n) is 1.37. The van der Waals surface area contributed by atoms with E-state index in [1.54, 1.807) is 24.3 Å². The molecule has 1 aromatic carbocycles. The van der Waals surface area contributed by atoms with E-state index in [-0.39, 0.29) is 57.3 Å². The van der Waals surface area contributed by atoms with E-state index in [0.717, 1.165) is 19.3 Å². The summed E-state index contributed by atoms with van der Waals surface area (Å²) >= 11 is 0. The first-order valence-electron chi connectivity index (χ1n) is 6.06. The fraction of sp³-hybridized carbons (Fsp3) is 0.500. The van der Waals surface area contributed by atoms with Gasteiger partial charge in [-0.05, 0) is 30.9 Å². The Labute approximate surface area is 152 Å². The fourth-order valence-corrected chi connectivity index (χ4v) is 1.37. The van der Waals surface area contributed by atoms with E-state index in [1.807, 2.05) is 13.0 Å². The molecule has 4 heteroatoms. The smallest absolute Gasteiger partial charge is 0.550 e. The zero-order valence-electron chi connectivity index (χ0n) is 11.6. The van der Waals surface area contributed by atoms with Crippen LogP contribution in [0.1, 0.15) is 39.5 Å². The Kier molecular flexibility index (Phi) is 15.4. The maximum Gasteiger partial charge on any atom is 1.00 e. The normalized spacial score (nSPS) is 10.6. The summed E-state index contributed by atoms with van der Waals surface area (Å²) in [5.74, 6) is -0.793. The molecule has 0 aliphatic rings. The summed E-state index contributed by atoms with van der Waals surface area (Å²) in [5.41, 5.74) is 0. The predicted molar refractivity (Wildman–Crippen MR) is 66.4 cm³/mol. The molecule has 1 N–H and O–H groups in total. The summed E-state index contributed by atoms with van der Waals surface area (Å²) in [6.45, 7) is 3.94. The molecule has 3 nitrogen and oxygen atoms in total. The molecule has 0 aliphatic heterocycles. The van der Waals surface area contributed by atoms with Gasteiger partial charge in [0.15, 0.2) is 0 Å². The number of carboxylic acid groups (broad SMARTS) is 1. The first-order chi connectivity index (χ1) is 8.11. The van der Waals surface area contributed by atoms with Gasteiger partial charge in [-0.1, -0.05) is 44.9 Å². The number of aromatic hydroxyl groups is 1. The topological polar surface area (TPSA) is 60.4 Å². The van der Waals surface area contributed by atoms with Crippen LogP contribution >= 0.6 is 0 Å². The van der Waals surface area contributed by atoms with Gasteiger partial charge in [-0.2, -0.15) is 0 Å². The number of benzene rings is 1. The maximum atomic E-state index is 10.3. The molecule has 0 aliphatic carbocycles. The van der Waals surface area contributed by atoms with Crippen molar-refractivity contribution < 1.29 is 66.4 Å². The molecule has 0 saturated carbocycles. The standard InChI is InChI=1S/C8H16O2.C6H6O.K/c1-3-5-6-7(4-2)8(9)10;7-6-4-2-1-3-5-6;/h7H,3-6H2,1-2H3,(H,9,10);1-5,7H;/q;;+1/p-1. The van der Waals surface area contributed by atoms with Gasteiger partial charge >= 0.3 is 51.4 Å². The molecule has 0 fully saturated rings. The number of carbonyl (C=O) groups is 1. The van der Waals surface area contributed by atoms with E-state index >= 15 is 0 Å². The first kappa shape index (κ1) is 20.4. The van der Waals surface area contributed by atoms with Gasteiger partial charge in [0.25, 0.3) is 0 Å². The largest absolute Gasteiger partial charge is 1.00 e. The number of hydrogen-bond donors (Lipinski definition) is 1. The number of para-hydroxylation sites is 1. The monoisotopic (exact) mass is 276 g/mol.